The Morgan fingerprint density at radius 3 is 2.63 bits per heavy atom. The maximum atomic E-state index is 10.3. The Morgan fingerprint density at radius 1 is 1.26 bits per heavy atom. The van der Waals surface area contributed by atoms with Crippen molar-refractivity contribution in [2.75, 3.05) is 19.6 Å². The van der Waals surface area contributed by atoms with Gasteiger partial charge in [0.25, 0.3) is 0 Å². The van der Waals surface area contributed by atoms with E-state index in [1.807, 2.05) is 18.2 Å². The smallest absolute Gasteiger partial charge is 0.0804 e. The summed E-state index contributed by atoms with van der Waals surface area (Å²) < 4.78 is 5.83. The number of aryl methyl sites for hydroxylation is 1. The minimum absolute atomic E-state index is 0.346. The van der Waals surface area contributed by atoms with Crippen molar-refractivity contribution in [3.8, 4) is 0 Å². The van der Waals surface area contributed by atoms with Crippen LogP contribution >= 0.6 is 0 Å². The predicted molar refractivity (Wildman–Crippen MR) is 75.1 cm³/mol. The number of hydrogen-bond acceptors (Lipinski definition) is 3. The van der Waals surface area contributed by atoms with Crippen LogP contribution in [0.2, 0.25) is 0 Å². The summed E-state index contributed by atoms with van der Waals surface area (Å²) in [6, 6.07) is 8.11. The maximum absolute atomic E-state index is 10.3. The van der Waals surface area contributed by atoms with E-state index < -0.39 is 0 Å². The van der Waals surface area contributed by atoms with Gasteiger partial charge in [-0.2, -0.15) is 0 Å². The molecule has 2 fully saturated rings. The molecule has 3 atom stereocenters. The number of hydrogen-bond donors (Lipinski definition) is 1. The molecule has 104 valence electrons. The first kappa shape index (κ1) is 13.1. The van der Waals surface area contributed by atoms with E-state index in [0.29, 0.717) is 12.2 Å². The highest BCUT2D eigenvalue weighted by Crippen LogP contribution is 2.27. The number of aliphatic hydroxyl groups is 1. The number of likely N-dealkylation sites (tertiary alicyclic amines) is 1. The Morgan fingerprint density at radius 2 is 1.95 bits per heavy atom. The second-order valence-corrected chi connectivity index (χ2v) is 5.88. The van der Waals surface area contributed by atoms with Crippen molar-refractivity contribution in [2.45, 2.75) is 44.5 Å². The van der Waals surface area contributed by atoms with Crippen LogP contribution in [0.15, 0.2) is 24.3 Å². The average molecular weight is 261 g/mol. The number of rotatable bonds is 4. The molecular formula is C16H23NO2. The number of nitrogens with zero attached hydrogens (tertiary/aromatic N) is 1. The van der Waals surface area contributed by atoms with E-state index in [0.717, 1.165) is 31.6 Å². The molecule has 1 aromatic rings. The number of fused-ring (bicyclic) bond motifs is 2. The SMILES string of the molecule is Cc1ccccc1C(O)CCN1CC2CCC(C1)O2. The van der Waals surface area contributed by atoms with Crippen LogP contribution in [0.5, 0.6) is 0 Å². The first-order chi connectivity index (χ1) is 9.22. The molecule has 1 N–H and O–H groups in total. The number of benzene rings is 1. The molecule has 19 heavy (non-hydrogen) atoms. The Labute approximate surface area is 115 Å². The average Bonchev–Trinajstić information content (AvgIpc) is 2.76. The van der Waals surface area contributed by atoms with Gasteiger partial charge in [0.2, 0.25) is 0 Å². The van der Waals surface area contributed by atoms with E-state index in [1.165, 1.54) is 18.4 Å². The van der Waals surface area contributed by atoms with Gasteiger partial charge in [0.1, 0.15) is 0 Å². The van der Waals surface area contributed by atoms with Gasteiger partial charge in [0.15, 0.2) is 0 Å². The monoisotopic (exact) mass is 261 g/mol. The van der Waals surface area contributed by atoms with Gasteiger partial charge in [0.05, 0.1) is 18.3 Å². The van der Waals surface area contributed by atoms with Crippen LogP contribution in [-0.2, 0) is 4.74 Å². The van der Waals surface area contributed by atoms with Crippen molar-refractivity contribution >= 4 is 0 Å². The summed E-state index contributed by atoms with van der Waals surface area (Å²) in [4.78, 5) is 2.45. The van der Waals surface area contributed by atoms with Crippen LogP contribution in [0.4, 0.5) is 0 Å². The normalized spacial score (nSPS) is 28.5. The zero-order valence-corrected chi connectivity index (χ0v) is 11.6. The highest BCUT2D eigenvalue weighted by atomic mass is 16.5. The lowest BCUT2D eigenvalue weighted by molar-refractivity contribution is -0.0414. The number of aliphatic hydroxyl groups excluding tert-OH is 1. The Bertz CT molecular complexity index is 423. The van der Waals surface area contributed by atoms with Crippen molar-refractivity contribution in [1.29, 1.82) is 0 Å². The number of morpholine rings is 1. The summed E-state index contributed by atoms with van der Waals surface area (Å²) in [6.45, 7) is 5.10. The van der Waals surface area contributed by atoms with Gasteiger partial charge in [-0.15, -0.1) is 0 Å². The fraction of sp³-hybridized carbons (Fsp3) is 0.625. The summed E-state index contributed by atoms with van der Waals surface area (Å²) in [5, 5.41) is 10.3. The molecule has 0 amide bonds. The molecule has 2 bridgehead atoms. The van der Waals surface area contributed by atoms with Crippen LogP contribution in [0.1, 0.15) is 36.5 Å². The Balaban J connectivity index is 1.53. The minimum Gasteiger partial charge on any atom is -0.388 e. The molecule has 0 saturated carbocycles. The molecule has 3 rings (SSSR count). The first-order valence-corrected chi connectivity index (χ1v) is 7.34. The van der Waals surface area contributed by atoms with Gasteiger partial charge >= 0.3 is 0 Å². The third kappa shape index (κ3) is 2.99. The summed E-state index contributed by atoms with van der Waals surface area (Å²) in [6.07, 6.45) is 3.76. The molecule has 2 aliphatic heterocycles. The summed E-state index contributed by atoms with van der Waals surface area (Å²) >= 11 is 0. The molecular weight excluding hydrogens is 238 g/mol. The molecule has 0 radical (unpaired) electrons. The molecule has 3 unspecified atom stereocenters. The van der Waals surface area contributed by atoms with Crippen LogP contribution in [0.3, 0.4) is 0 Å². The van der Waals surface area contributed by atoms with Crippen LogP contribution < -0.4 is 0 Å². The van der Waals surface area contributed by atoms with Crippen LogP contribution in [0, 0.1) is 6.92 Å². The minimum atomic E-state index is -0.346. The molecule has 0 spiro atoms. The highest BCUT2D eigenvalue weighted by Gasteiger charge is 2.33. The van der Waals surface area contributed by atoms with Crippen molar-refractivity contribution in [3.63, 3.8) is 0 Å². The van der Waals surface area contributed by atoms with Gasteiger partial charge < -0.3 is 9.84 Å². The zero-order chi connectivity index (χ0) is 13.2. The topological polar surface area (TPSA) is 32.7 Å². The fourth-order valence-corrected chi connectivity index (χ4v) is 3.30. The van der Waals surface area contributed by atoms with Crippen molar-refractivity contribution in [1.82, 2.24) is 4.90 Å². The van der Waals surface area contributed by atoms with Crippen molar-refractivity contribution < 1.29 is 9.84 Å². The third-order valence-electron chi connectivity index (χ3n) is 4.39. The van der Waals surface area contributed by atoms with E-state index in [1.54, 1.807) is 0 Å². The zero-order valence-electron chi connectivity index (χ0n) is 11.6. The van der Waals surface area contributed by atoms with E-state index in [-0.39, 0.29) is 6.10 Å². The van der Waals surface area contributed by atoms with Crippen LogP contribution in [0.25, 0.3) is 0 Å². The van der Waals surface area contributed by atoms with E-state index >= 15 is 0 Å². The standard InChI is InChI=1S/C16H23NO2/c1-12-4-2-3-5-15(12)16(18)8-9-17-10-13-6-7-14(11-17)19-13/h2-5,13-14,16,18H,6-11H2,1H3. The highest BCUT2D eigenvalue weighted by molar-refractivity contribution is 5.27. The molecule has 3 heteroatoms. The van der Waals surface area contributed by atoms with Gasteiger partial charge in [0, 0.05) is 19.6 Å². The predicted octanol–water partition coefficient (Wildman–Crippen LogP) is 2.28. The van der Waals surface area contributed by atoms with Crippen LogP contribution in [-0.4, -0.2) is 41.8 Å². The Hall–Kier alpha value is -0.900. The molecule has 0 aromatic heterocycles. The van der Waals surface area contributed by atoms with Crippen molar-refractivity contribution in [3.05, 3.63) is 35.4 Å². The van der Waals surface area contributed by atoms with Gasteiger partial charge in [-0.1, -0.05) is 24.3 Å². The maximum Gasteiger partial charge on any atom is 0.0804 e. The fourth-order valence-electron chi connectivity index (χ4n) is 3.30. The van der Waals surface area contributed by atoms with Gasteiger partial charge in [-0.25, -0.2) is 0 Å². The lowest BCUT2D eigenvalue weighted by Gasteiger charge is -2.32. The molecule has 2 heterocycles. The molecule has 1 aromatic carbocycles. The largest absolute Gasteiger partial charge is 0.388 e. The lowest BCUT2D eigenvalue weighted by atomic mass is 10.0. The van der Waals surface area contributed by atoms with E-state index in [2.05, 4.69) is 17.9 Å². The first-order valence-electron chi connectivity index (χ1n) is 7.34. The summed E-state index contributed by atoms with van der Waals surface area (Å²) in [5.41, 5.74) is 2.25. The van der Waals surface area contributed by atoms with Gasteiger partial charge in [-0.3, -0.25) is 4.90 Å². The van der Waals surface area contributed by atoms with Crippen molar-refractivity contribution in [2.24, 2.45) is 0 Å². The number of ether oxygens (including phenoxy) is 1. The quantitative estimate of drug-likeness (QED) is 0.902. The van der Waals surface area contributed by atoms with E-state index in [9.17, 15) is 5.11 Å². The second-order valence-electron chi connectivity index (χ2n) is 5.88. The molecule has 3 nitrogen and oxygen atoms in total. The van der Waals surface area contributed by atoms with E-state index in [4.69, 9.17) is 4.74 Å². The molecule has 0 aliphatic carbocycles. The Kier molecular flexibility index (Phi) is 3.87. The lowest BCUT2D eigenvalue weighted by Crippen LogP contribution is -2.43. The third-order valence-corrected chi connectivity index (χ3v) is 4.39. The summed E-state index contributed by atoms with van der Waals surface area (Å²) in [5.74, 6) is 0. The second kappa shape index (κ2) is 5.61. The molecule has 2 saturated heterocycles. The molecule has 2 aliphatic rings. The van der Waals surface area contributed by atoms with Gasteiger partial charge in [-0.05, 0) is 37.3 Å². The summed E-state index contributed by atoms with van der Waals surface area (Å²) in [7, 11) is 0.